The second-order valence-electron chi connectivity index (χ2n) is 5.51. The number of aliphatic hydroxyl groups is 1. The number of benzene rings is 1. The van der Waals surface area contributed by atoms with Gasteiger partial charge >= 0.3 is 0 Å². The zero-order chi connectivity index (χ0) is 15.5. The van der Waals surface area contributed by atoms with E-state index in [0.717, 1.165) is 16.7 Å². The molecule has 1 rings (SSSR count). The zero-order valence-corrected chi connectivity index (χ0v) is 13.8. The lowest BCUT2D eigenvalue weighted by molar-refractivity contribution is 0.258. The summed E-state index contributed by atoms with van der Waals surface area (Å²) in [5.74, 6) is 0. The third kappa shape index (κ3) is 3.59. The molecule has 0 radical (unpaired) electrons. The molecule has 0 spiro atoms. The van der Waals surface area contributed by atoms with Gasteiger partial charge in [0.1, 0.15) is 0 Å². The van der Waals surface area contributed by atoms with Crippen LogP contribution in [0, 0.1) is 20.8 Å². The normalized spacial score (nSPS) is 12.4. The Kier molecular flexibility index (Phi) is 5.74. The molecule has 0 fully saturated rings. The van der Waals surface area contributed by atoms with Crippen molar-refractivity contribution >= 4 is 10.0 Å². The Morgan fingerprint density at radius 1 is 1.15 bits per heavy atom. The van der Waals surface area contributed by atoms with Gasteiger partial charge in [-0.1, -0.05) is 17.7 Å². The van der Waals surface area contributed by atoms with E-state index in [1.54, 1.807) is 0 Å². The maximum Gasteiger partial charge on any atom is 0.243 e. The van der Waals surface area contributed by atoms with E-state index in [2.05, 4.69) is 0 Å². The molecule has 0 saturated heterocycles. The molecule has 0 bridgehead atoms. The predicted octanol–water partition coefficient (Wildman–Crippen LogP) is 2.39. The molecule has 4 nitrogen and oxygen atoms in total. The lowest BCUT2D eigenvalue weighted by Crippen LogP contribution is -2.38. The van der Waals surface area contributed by atoms with Crippen LogP contribution in [0.3, 0.4) is 0 Å². The highest BCUT2D eigenvalue weighted by molar-refractivity contribution is 7.89. The van der Waals surface area contributed by atoms with E-state index in [1.165, 1.54) is 4.31 Å². The molecule has 0 aliphatic heterocycles. The van der Waals surface area contributed by atoms with Gasteiger partial charge in [-0.15, -0.1) is 0 Å². The molecule has 20 heavy (non-hydrogen) atoms. The first-order valence-electron chi connectivity index (χ1n) is 6.92. The van der Waals surface area contributed by atoms with E-state index in [4.69, 9.17) is 5.11 Å². The molecule has 0 saturated carbocycles. The van der Waals surface area contributed by atoms with Crippen LogP contribution in [-0.4, -0.2) is 37.0 Å². The number of rotatable bonds is 6. The Morgan fingerprint density at radius 3 is 2.05 bits per heavy atom. The highest BCUT2D eigenvalue weighted by atomic mass is 32.2. The molecule has 0 aliphatic carbocycles. The SMILES string of the molecule is Cc1cc(C)c(S(=O)(=O)N(CCCO)C(C)C)c(C)c1. The molecule has 5 heteroatoms. The Bertz CT molecular complexity index is 541. The van der Waals surface area contributed by atoms with Gasteiger partial charge in [0.25, 0.3) is 0 Å². The summed E-state index contributed by atoms with van der Waals surface area (Å²) >= 11 is 0. The van der Waals surface area contributed by atoms with E-state index in [-0.39, 0.29) is 12.6 Å². The number of sulfonamides is 1. The maximum absolute atomic E-state index is 12.9. The minimum atomic E-state index is -3.53. The van der Waals surface area contributed by atoms with Crippen LogP contribution >= 0.6 is 0 Å². The second kappa shape index (κ2) is 6.70. The Hall–Kier alpha value is -0.910. The molecule has 0 aromatic heterocycles. The van der Waals surface area contributed by atoms with Crippen LogP contribution in [0.2, 0.25) is 0 Å². The zero-order valence-electron chi connectivity index (χ0n) is 13.0. The minimum Gasteiger partial charge on any atom is -0.396 e. The van der Waals surface area contributed by atoms with Gasteiger partial charge in [-0.05, 0) is 52.2 Å². The van der Waals surface area contributed by atoms with Gasteiger partial charge in [0.15, 0.2) is 0 Å². The van der Waals surface area contributed by atoms with Crippen LogP contribution < -0.4 is 0 Å². The van der Waals surface area contributed by atoms with Gasteiger partial charge in [-0.25, -0.2) is 8.42 Å². The standard InChI is InChI=1S/C15H25NO3S/c1-11(2)16(7-6-8-17)20(18,19)15-13(4)9-12(3)10-14(15)5/h9-11,17H,6-8H2,1-5H3. The molecular weight excluding hydrogens is 274 g/mol. The molecule has 0 heterocycles. The molecule has 0 aliphatic rings. The van der Waals surface area contributed by atoms with Crippen LogP contribution in [0.5, 0.6) is 0 Å². The van der Waals surface area contributed by atoms with E-state index in [9.17, 15) is 8.42 Å². The topological polar surface area (TPSA) is 57.6 Å². The van der Waals surface area contributed by atoms with Gasteiger partial charge in [-0.3, -0.25) is 0 Å². The molecule has 0 unspecified atom stereocenters. The van der Waals surface area contributed by atoms with E-state index in [1.807, 2.05) is 46.8 Å². The summed E-state index contributed by atoms with van der Waals surface area (Å²) in [6.07, 6.45) is 0.446. The Labute approximate surface area is 122 Å². The summed E-state index contributed by atoms with van der Waals surface area (Å²) in [6.45, 7) is 9.66. The Morgan fingerprint density at radius 2 is 1.65 bits per heavy atom. The molecule has 1 N–H and O–H groups in total. The minimum absolute atomic E-state index is 0.00932. The van der Waals surface area contributed by atoms with E-state index in [0.29, 0.717) is 17.9 Å². The quantitative estimate of drug-likeness (QED) is 0.877. The molecular formula is C15H25NO3S. The smallest absolute Gasteiger partial charge is 0.243 e. The first kappa shape index (κ1) is 17.1. The Balaban J connectivity index is 3.34. The van der Waals surface area contributed by atoms with Crippen molar-refractivity contribution in [3.05, 3.63) is 28.8 Å². The highest BCUT2D eigenvalue weighted by Gasteiger charge is 2.29. The maximum atomic E-state index is 12.9. The fourth-order valence-corrected chi connectivity index (χ4v) is 4.66. The predicted molar refractivity (Wildman–Crippen MR) is 81.4 cm³/mol. The number of nitrogens with zero attached hydrogens (tertiary/aromatic N) is 1. The van der Waals surface area contributed by atoms with Gasteiger partial charge in [-0.2, -0.15) is 4.31 Å². The fourth-order valence-electron chi connectivity index (χ4n) is 2.57. The summed E-state index contributed by atoms with van der Waals surface area (Å²) in [6, 6.07) is 3.65. The monoisotopic (exact) mass is 299 g/mol. The van der Waals surface area contributed by atoms with Crippen molar-refractivity contribution in [3.63, 3.8) is 0 Å². The molecule has 114 valence electrons. The number of aliphatic hydroxyl groups excluding tert-OH is 1. The molecule has 1 aromatic carbocycles. The average molecular weight is 299 g/mol. The number of aryl methyl sites for hydroxylation is 3. The highest BCUT2D eigenvalue weighted by Crippen LogP contribution is 2.26. The second-order valence-corrected chi connectivity index (χ2v) is 7.34. The van der Waals surface area contributed by atoms with Gasteiger partial charge in [0.05, 0.1) is 4.90 Å². The van der Waals surface area contributed by atoms with Crippen LogP contribution in [0.25, 0.3) is 0 Å². The first-order chi connectivity index (χ1) is 9.21. The van der Waals surface area contributed by atoms with Gasteiger partial charge in [0.2, 0.25) is 10.0 Å². The van der Waals surface area contributed by atoms with Crippen molar-refractivity contribution in [2.24, 2.45) is 0 Å². The van der Waals surface area contributed by atoms with E-state index < -0.39 is 10.0 Å². The first-order valence-corrected chi connectivity index (χ1v) is 8.36. The van der Waals surface area contributed by atoms with Crippen molar-refractivity contribution in [3.8, 4) is 0 Å². The molecule has 0 amide bonds. The summed E-state index contributed by atoms with van der Waals surface area (Å²) in [5.41, 5.74) is 2.61. The lowest BCUT2D eigenvalue weighted by Gasteiger charge is -2.27. The van der Waals surface area contributed by atoms with Crippen LogP contribution in [-0.2, 0) is 10.0 Å². The van der Waals surface area contributed by atoms with Crippen molar-refractivity contribution in [1.82, 2.24) is 4.31 Å². The average Bonchev–Trinajstić information content (AvgIpc) is 2.26. The van der Waals surface area contributed by atoms with Gasteiger partial charge < -0.3 is 5.11 Å². The summed E-state index contributed by atoms with van der Waals surface area (Å²) in [5, 5.41) is 8.96. The van der Waals surface area contributed by atoms with Crippen LogP contribution in [0.15, 0.2) is 17.0 Å². The number of hydrogen-bond donors (Lipinski definition) is 1. The van der Waals surface area contributed by atoms with Crippen molar-refractivity contribution in [2.45, 2.75) is 52.0 Å². The third-order valence-corrected chi connectivity index (χ3v) is 5.67. The van der Waals surface area contributed by atoms with Gasteiger partial charge in [0, 0.05) is 19.2 Å². The fraction of sp³-hybridized carbons (Fsp3) is 0.600. The van der Waals surface area contributed by atoms with E-state index >= 15 is 0 Å². The van der Waals surface area contributed by atoms with Crippen molar-refractivity contribution in [1.29, 1.82) is 0 Å². The molecule has 1 aromatic rings. The van der Waals surface area contributed by atoms with Crippen LogP contribution in [0.1, 0.15) is 37.0 Å². The van der Waals surface area contributed by atoms with Crippen LogP contribution in [0.4, 0.5) is 0 Å². The molecule has 0 atom stereocenters. The summed E-state index contributed by atoms with van der Waals surface area (Å²) in [7, 11) is -3.53. The lowest BCUT2D eigenvalue weighted by atomic mass is 10.1. The van der Waals surface area contributed by atoms with Crippen molar-refractivity contribution in [2.75, 3.05) is 13.2 Å². The number of hydrogen-bond acceptors (Lipinski definition) is 3. The summed E-state index contributed by atoms with van der Waals surface area (Å²) < 4.78 is 27.2. The largest absolute Gasteiger partial charge is 0.396 e. The third-order valence-electron chi connectivity index (χ3n) is 3.28. The summed E-state index contributed by atoms with van der Waals surface area (Å²) in [4.78, 5) is 0.398. The van der Waals surface area contributed by atoms with Crippen molar-refractivity contribution < 1.29 is 13.5 Å².